The smallest absolute Gasteiger partial charge is 0.328 e. The van der Waals surface area contributed by atoms with Crippen LogP contribution in [0.2, 0.25) is 0 Å². The number of rotatable bonds is 10. The number of unbranched alkanes of at least 4 members (excludes halogenated alkanes) is 2. The van der Waals surface area contributed by atoms with Gasteiger partial charge >= 0.3 is 9.28 Å². The zero-order chi connectivity index (χ0) is 13.9. The zero-order valence-electron chi connectivity index (χ0n) is 12.6. The van der Waals surface area contributed by atoms with Crippen molar-refractivity contribution in [1.29, 1.82) is 0 Å². The molecule has 0 saturated heterocycles. The SMILES string of the molecule is CCCCO[SiH](OCCCC)C(C)c1ccccc1. The van der Waals surface area contributed by atoms with E-state index in [0.29, 0.717) is 5.54 Å². The molecule has 0 N–H and O–H groups in total. The monoisotopic (exact) mass is 280 g/mol. The van der Waals surface area contributed by atoms with Crippen molar-refractivity contribution in [3.63, 3.8) is 0 Å². The molecule has 0 aromatic heterocycles. The summed E-state index contributed by atoms with van der Waals surface area (Å²) in [5.41, 5.74) is 1.75. The van der Waals surface area contributed by atoms with Gasteiger partial charge in [-0.05, 0) is 18.4 Å². The molecular formula is C16H28O2Si. The molecule has 0 aliphatic rings. The van der Waals surface area contributed by atoms with Crippen LogP contribution in [-0.4, -0.2) is 22.5 Å². The van der Waals surface area contributed by atoms with Crippen LogP contribution in [-0.2, 0) is 8.85 Å². The van der Waals surface area contributed by atoms with Gasteiger partial charge in [0, 0.05) is 18.8 Å². The highest BCUT2D eigenvalue weighted by molar-refractivity contribution is 6.46. The molecule has 1 aromatic carbocycles. The quantitative estimate of drug-likeness (QED) is 0.473. The topological polar surface area (TPSA) is 18.5 Å². The highest BCUT2D eigenvalue weighted by atomic mass is 28.3. The van der Waals surface area contributed by atoms with Gasteiger partial charge in [0.15, 0.2) is 0 Å². The predicted molar refractivity (Wildman–Crippen MR) is 83.7 cm³/mol. The molecule has 19 heavy (non-hydrogen) atoms. The van der Waals surface area contributed by atoms with Crippen LogP contribution in [0.4, 0.5) is 0 Å². The Labute approximate surface area is 120 Å². The van der Waals surface area contributed by atoms with Gasteiger partial charge in [-0.15, -0.1) is 0 Å². The lowest BCUT2D eigenvalue weighted by molar-refractivity contribution is 0.185. The van der Waals surface area contributed by atoms with E-state index >= 15 is 0 Å². The molecule has 0 bridgehead atoms. The van der Waals surface area contributed by atoms with Gasteiger partial charge in [0.1, 0.15) is 0 Å². The molecule has 0 amide bonds. The van der Waals surface area contributed by atoms with E-state index in [1.807, 2.05) is 0 Å². The molecule has 0 fully saturated rings. The Kier molecular flexibility index (Phi) is 8.79. The lowest BCUT2D eigenvalue weighted by Gasteiger charge is -2.23. The Morgan fingerprint density at radius 1 is 0.947 bits per heavy atom. The Bertz CT molecular complexity index is 306. The summed E-state index contributed by atoms with van der Waals surface area (Å²) in [6.45, 7) is 8.31. The minimum Gasteiger partial charge on any atom is -0.396 e. The third-order valence-electron chi connectivity index (χ3n) is 3.29. The van der Waals surface area contributed by atoms with Gasteiger partial charge in [0.2, 0.25) is 0 Å². The van der Waals surface area contributed by atoms with Gasteiger partial charge in [-0.25, -0.2) is 0 Å². The third-order valence-corrected chi connectivity index (χ3v) is 5.62. The number of hydrogen-bond donors (Lipinski definition) is 0. The first kappa shape index (κ1) is 16.4. The van der Waals surface area contributed by atoms with Crippen molar-refractivity contribution in [1.82, 2.24) is 0 Å². The molecule has 1 rings (SSSR count). The Balaban J connectivity index is 2.55. The van der Waals surface area contributed by atoms with Crippen molar-refractivity contribution >= 4 is 9.28 Å². The van der Waals surface area contributed by atoms with E-state index in [0.717, 1.165) is 26.1 Å². The van der Waals surface area contributed by atoms with Gasteiger partial charge in [0.25, 0.3) is 0 Å². The summed E-state index contributed by atoms with van der Waals surface area (Å²) in [6, 6.07) is 10.6. The maximum atomic E-state index is 6.06. The van der Waals surface area contributed by atoms with Crippen LogP contribution in [0.25, 0.3) is 0 Å². The number of benzene rings is 1. The second-order valence-electron chi connectivity index (χ2n) is 5.02. The maximum Gasteiger partial charge on any atom is 0.328 e. The molecule has 0 aliphatic heterocycles. The van der Waals surface area contributed by atoms with E-state index in [2.05, 4.69) is 51.1 Å². The molecule has 0 aliphatic carbocycles. The Hall–Kier alpha value is -0.643. The van der Waals surface area contributed by atoms with Crippen LogP contribution in [0.5, 0.6) is 0 Å². The predicted octanol–water partition coefficient (Wildman–Crippen LogP) is 4.18. The van der Waals surface area contributed by atoms with Crippen LogP contribution in [0.1, 0.15) is 57.6 Å². The summed E-state index contributed by atoms with van der Waals surface area (Å²) in [5.74, 6) is 0. The van der Waals surface area contributed by atoms with E-state index in [4.69, 9.17) is 8.85 Å². The average Bonchev–Trinajstić information content (AvgIpc) is 2.46. The highest BCUT2D eigenvalue weighted by Gasteiger charge is 2.23. The zero-order valence-corrected chi connectivity index (χ0v) is 13.8. The molecule has 108 valence electrons. The van der Waals surface area contributed by atoms with E-state index in [-0.39, 0.29) is 0 Å². The standard InChI is InChI=1S/C16H28O2Si/c1-4-6-13-17-19(18-14-7-5-2)15(3)16-11-9-8-10-12-16/h8-12,15,19H,4-7,13-14H2,1-3H3. The second kappa shape index (κ2) is 10.2. The van der Waals surface area contributed by atoms with Gasteiger partial charge in [-0.1, -0.05) is 63.9 Å². The van der Waals surface area contributed by atoms with Gasteiger partial charge in [0.05, 0.1) is 0 Å². The van der Waals surface area contributed by atoms with Crippen LogP contribution >= 0.6 is 0 Å². The summed E-state index contributed by atoms with van der Waals surface area (Å²) < 4.78 is 12.1. The van der Waals surface area contributed by atoms with Crippen LogP contribution in [0.15, 0.2) is 30.3 Å². The Morgan fingerprint density at radius 3 is 1.95 bits per heavy atom. The molecule has 2 nitrogen and oxygen atoms in total. The fourth-order valence-electron chi connectivity index (χ4n) is 1.94. The van der Waals surface area contributed by atoms with Crippen LogP contribution < -0.4 is 0 Å². The van der Waals surface area contributed by atoms with Crippen molar-refractivity contribution in [3.05, 3.63) is 35.9 Å². The third kappa shape index (κ3) is 6.37. The lowest BCUT2D eigenvalue weighted by atomic mass is 10.2. The highest BCUT2D eigenvalue weighted by Crippen LogP contribution is 2.20. The van der Waals surface area contributed by atoms with Crippen LogP contribution in [0.3, 0.4) is 0 Å². The number of hydrogen-bond acceptors (Lipinski definition) is 2. The van der Waals surface area contributed by atoms with Crippen molar-refractivity contribution in [2.45, 2.75) is 52.0 Å². The molecule has 0 radical (unpaired) electrons. The van der Waals surface area contributed by atoms with Gasteiger partial charge < -0.3 is 8.85 Å². The van der Waals surface area contributed by atoms with E-state index < -0.39 is 9.28 Å². The minimum atomic E-state index is -1.62. The van der Waals surface area contributed by atoms with Gasteiger partial charge in [-0.2, -0.15) is 0 Å². The maximum absolute atomic E-state index is 6.06. The molecule has 3 heteroatoms. The lowest BCUT2D eigenvalue weighted by Crippen LogP contribution is -2.30. The molecule has 1 aromatic rings. The fourth-order valence-corrected chi connectivity index (χ4v) is 3.95. The molecular weight excluding hydrogens is 252 g/mol. The van der Waals surface area contributed by atoms with Crippen molar-refractivity contribution in [3.8, 4) is 0 Å². The first-order chi connectivity index (χ1) is 9.29. The molecule has 0 saturated carbocycles. The summed E-state index contributed by atoms with van der Waals surface area (Å²) in [4.78, 5) is 0. The molecule has 1 atom stereocenters. The second-order valence-corrected chi connectivity index (χ2v) is 7.42. The summed E-state index contributed by atoms with van der Waals surface area (Å²) in [5, 5.41) is 0. The van der Waals surface area contributed by atoms with Crippen molar-refractivity contribution in [2.75, 3.05) is 13.2 Å². The first-order valence-electron chi connectivity index (χ1n) is 7.57. The molecule has 0 heterocycles. The van der Waals surface area contributed by atoms with E-state index in [1.54, 1.807) is 0 Å². The van der Waals surface area contributed by atoms with Crippen molar-refractivity contribution < 1.29 is 8.85 Å². The fraction of sp³-hybridized carbons (Fsp3) is 0.625. The normalized spacial score (nSPS) is 12.8. The largest absolute Gasteiger partial charge is 0.396 e. The summed E-state index contributed by atoms with van der Waals surface area (Å²) in [6.07, 6.45) is 4.61. The average molecular weight is 280 g/mol. The van der Waals surface area contributed by atoms with Crippen molar-refractivity contribution in [2.24, 2.45) is 0 Å². The first-order valence-corrected chi connectivity index (χ1v) is 9.18. The summed E-state index contributed by atoms with van der Waals surface area (Å²) >= 11 is 0. The van der Waals surface area contributed by atoms with Gasteiger partial charge in [-0.3, -0.25) is 0 Å². The molecule has 1 unspecified atom stereocenters. The van der Waals surface area contributed by atoms with E-state index in [9.17, 15) is 0 Å². The van der Waals surface area contributed by atoms with E-state index in [1.165, 1.54) is 18.4 Å². The molecule has 0 spiro atoms. The minimum absolute atomic E-state index is 0.412. The Morgan fingerprint density at radius 2 is 1.47 bits per heavy atom. The van der Waals surface area contributed by atoms with Crippen LogP contribution in [0, 0.1) is 0 Å². The summed E-state index contributed by atoms with van der Waals surface area (Å²) in [7, 11) is -1.62.